The first-order chi connectivity index (χ1) is 8.88. The zero-order chi connectivity index (χ0) is 14.0. The molecule has 0 aliphatic rings. The van der Waals surface area contributed by atoms with Crippen molar-refractivity contribution < 1.29 is 13.2 Å². The predicted octanol–water partition coefficient (Wildman–Crippen LogP) is 2.92. The maximum atomic E-state index is 13.6. The number of hydrogen-bond acceptors (Lipinski definition) is 2. The van der Waals surface area contributed by atoms with Gasteiger partial charge in [0.2, 0.25) is 0 Å². The summed E-state index contributed by atoms with van der Waals surface area (Å²) < 4.78 is 39.2. The van der Waals surface area contributed by atoms with E-state index in [1.807, 2.05) is 0 Å². The lowest BCUT2D eigenvalue weighted by atomic mass is 9.90. The first-order valence-corrected chi connectivity index (χ1v) is 5.73. The molecule has 0 saturated heterocycles. The van der Waals surface area contributed by atoms with Gasteiger partial charge in [0.1, 0.15) is 17.5 Å². The molecule has 0 aliphatic carbocycles. The van der Waals surface area contributed by atoms with Crippen LogP contribution < -0.4 is 5.73 Å². The number of pyridine rings is 1. The van der Waals surface area contributed by atoms with Crippen molar-refractivity contribution >= 4 is 0 Å². The van der Waals surface area contributed by atoms with Crippen molar-refractivity contribution in [2.75, 3.05) is 0 Å². The standard InChI is InChI=1S/C14H13F3N2/c1-14(18,13-5-4-11(16)8-19-13)7-9-2-3-10(15)6-12(9)17/h2-6,8H,7,18H2,1H3. The number of nitrogens with zero attached hydrogens (tertiary/aromatic N) is 1. The summed E-state index contributed by atoms with van der Waals surface area (Å²) in [5.74, 6) is -1.76. The second-order valence-electron chi connectivity index (χ2n) is 4.69. The molecule has 1 aromatic heterocycles. The molecule has 0 aliphatic heterocycles. The van der Waals surface area contributed by atoms with Crippen LogP contribution in [-0.4, -0.2) is 4.98 Å². The quantitative estimate of drug-likeness (QED) is 0.927. The zero-order valence-electron chi connectivity index (χ0n) is 10.3. The monoisotopic (exact) mass is 266 g/mol. The Kier molecular flexibility index (Phi) is 3.57. The van der Waals surface area contributed by atoms with Crippen LogP contribution in [0, 0.1) is 17.5 Å². The van der Waals surface area contributed by atoms with Gasteiger partial charge in [-0.3, -0.25) is 4.98 Å². The molecule has 100 valence electrons. The van der Waals surface area contributed by atoms with Crippen LogP contribution in [-0.2, 0) is 12.0 Å². The van der Waals surface area contributed by atoms with E-state index < -0.39 is 23.0 Å². The first-order valence-electron chi connectivity index (χ1n) is 5.73. The molecule has 19 heavy (non-hydrogen) atoms. The van der Waals surface area contributed by atoms with E-state index >= 15 is 0 Å². The van der Waals surface area contributed by atoms with Gasteiger partial charge in [-0.15, -0.1) is 0 Å². The normalized spacial score (nSPS) is 14.2. The Hall–Kier alpha value is -1.88. The summed E-state index contributed by atoms with van der Waals surface area (Å²) in [5.41, 5.74) is 5.85. The molecule has 2 aromatic rings. The second kappa shape index (κ2) is 5.01. The lowest BCUT2D eigenvalue weighted by molar-refractivity contribution is 0.457. The van der Waals surface area contributed by atoms with E-state index in [9.17, 15) is 13.2 Å². The van der Waals surface area contributed by atoms with E-state index in [1.54, 1.807) is 6.92 Å². The van der Waals surface area contributed by atoms with Gasteiger partial charge in [-0.2, -0.15) is 0 Å². The van der Waals surface area contributed by atoms with Crippen molar-refractivity contribution in [1.82, 2.24) is 4.98 Å². The molecule has 0 amide bonds. The van der Waals surface area contributed by atoms with Crippen molar-refractivity contribution in [2.45, 2.75) is 18.9 Å². The minimum absolute atomic E-state index is 0.137. The Morgan fingerprint density at radius 3 is 2.37 bits per heavy atom. The number of halogens is 3. The minimum Gasteiger partial charge on any atom is -0.320 e. The van der Waals surface area contributed by atoms with Crippen molar-refractivity contribution in [3.63, 3.8) is 0 Å². The van der Waals surface area contributed by atoms with Crippen LogP contribution in [0.25, 0.3) is 0 Å². The van der Waals surface area contributed by atoms with Gasteiger partial charge < -0.3 is 5.73 Å². The number of benzene rings is 1. The first kappa shape index (κ1) is 13.5. The Balaban J connectivity index is 2.27. The van der Waals surface area contributed by atoms with Gasteiger partial charge in [-0.25, -0.2) is 13.2 Å². The average molecular weight is 266 g/mol. The summed E-state index contributed by atoms with van der Waals surface area (Å²) >= 11 is 0. The molecule has 0 fully saturated rings. The van der Waals surface area contributed by atoms with Crippen molar-refractivity contribution in [1.29, 1.82) is 0 Å². The van der Waals surface area contributed by atoms with Gasteiger partial charge in [-0.05, 0) is 37.1 Å². The average Bonchev–Trinajstić information content (AvgIpc) is 2.33. The fourth-order valence-corrected chi connectivity index (χ4v) is 1.86. The second-order valence-corrected chi connectivity index (χ2v) is 4.69. The summed E-state index contributed by atoms with van der Waals surface area (Å²) in [6, 6.07) is 6.03. The number of aromatic nitrogens is 1. The molecule has 2 N–H and O–H groups in total. The van der Waals surface area contributed by atoms with Gasteiger partial charge in [0.05, 0.1) is 17.4 Å². The Morgan fingerprint density at radius 2 is 1.79 bits per heavy atom. The molecule has 0 radical (unpaired) electrons. The van der Waals surface area contributed by atoms with Gasteiger partial charge >= 0.3 is 0 Å². The molecule has 2 nitrogen and oxygen atoms in total. The lowest BCUT2D eigenvalue weighted by Gasteiger charge is -2.24. The fourth-order valence-electron chi connectivity index (χ4n) is 1.86. The molecule has 0 spiro atoms. The van der Waals surface area contributed by atoms with Gasteiger partial charge in [0, 0.05) is 6.07 Å². The third-order valence-corrected chi connectivity index (χ3v) is 2.89. The van der Waals surface area contributed by atoms with Crippen LogP contribution in [0.1, 0.15) is 18.2 Å². The van der Waals surface area contributed by atoms with Crippen molar-refractivity contribution in [3.8, 4) is 0 Å². The fraction of sp³-hybridized carbons (Fsp3) is 0.214. The van der Waals surface area contributed by atoms with E-state index in [0.29, 0.717) is 5.69 Å². The lowest BCUT2D eigenvalue weighted by Crippen LogP contribution is -2.36. The molecule has 1 aromatic carbocycles. The third kappa shape index (κ3) is 3.12. The summed E-state index contributed by atoms with van der Waals surface area (Å²) in [7, 11) is 0. The Labute approximate surface area is 109 Å². The molecular weight excluding hydrogens is 253 g/mol. The Bertz CT molecular complexity index is 580. The SMILES string of the molecule is CC(N)(Cc1ccc(F)cc1F)c1ccc(F)cn1. The van der Waals surface area contributed by atoms with Gasteiger partial charge in [-0.1, -0.05) is 6.07 Å². The van der Waals surface area contributed by atoms with Crippen LogP contribution >= 0.6 is 0 Å². The van der Waals surface area contributed by atoms with Crippen LogP contribution in [0.4, 0.5) is 13.2 Å². The summed E-state index contributed by atoms with van der Waals surface area (Å²) in [5, 5.41) is 0. The molecule has 0 bridgehead atoms. The molecule has 1 heterocycles. The highest BCUT2D eigenvalue weighted by atomic mass is 19.1. The highest BCUT2D eigenvalue weighted by Gasteiger charge is 2.24. The van der Waals surface area contributed by atoms with Gasteiger partial charge in [0.15, 0.2) is 0 Å². The van der Waals surface area contributed by atoms with Crippen molar-refractivity contribution in [3.05, 3.63) is 65.2 Å². The largest absolute Gasteiger partial charge is 0.320 e. The molecule has 0 saturated carbocycles. The van der Waals surface area contributed by atoms with E-state index in [1.165, 1.54) is 24.3 Å². The maximum Gasteiger partial charge on any atom is 0.141 e. The minimum atomic E-state index is -0.966. The van der Waals surface area contributed by atoms with E-state index in [2.05, 4.69) is 4.98 Å². The third-order valence-electron chi connectivity index (χ3n) is 2.89. The van der Waals surface area contributed by atoms with E-state index in [0.717, 1.165) is 12.3 Å². The summed E-state index contributed by atoms with van der Waals surface area (Å²) in [6.07, 6.45) is 1.19. The van der Waals surface area contributed by atoms with Crippen LogP contribution in [0.2, 0.25) is 0 Å². The zero-order valence-corrected chi connectivity index (χ0v) is 10.3. The van der Waals surface area contributed by atoms with Crippen molar-refractivity contribution in [2.24, 2.45) is 5.73 Å². The molecular formula is C14H13F3N2. The number of nitrogens with two attached hydrogens (primary N) is 1. The maximum absolute atomic E-state index is 13.6. The number of rotatable bonds is 3. The van der Waals surface area contributed by atoms with E-state index in [4.69, 9.17) is 5.73 Å². The highest BCUT2D eigenvalue weighted by Crippen LogP contribution is 2.23. The summed E-state index contributed by atoms with van der Waals surface area (Å²) in [4.78, 5) is 3.90. The van der Waals surface area contributed by atoms with Crippen LogP contribution in [0.3, 0.4) is 0 Å². The van der Waals surface area contributed by atoms with Crippen LogP contribution in [0.5, 0.6) is 0 Å². The van der Waals surface area contributed by atoms with Crippen LogP contribution in [0.15, 0.2) is 36.5 Å². The number of hydrogen-bond donors (Lipinski definition) is 1. The van der Waals surface area contributed by atoms with Gasteiger partial charge in [0.25, 0.3) is 0 Å². The summed E-state index contributed by atoms with van der Waals surface area (Å²) in [6.45, 7) is 1.66. The topological polar surface area (TPSA) is 38.9 Å². The van der Waals surface area contributed by atoms with E-state index in [-0.39, 0.29) is 12.0 Å². The highest BCUT2D eigenvalue weighted by molar-refractivity contribution is 5.24. The molecule has 2 rings (SSSR count). The smallest absolute Gasteiger partial charge is 0.141 e. The molecule has 5 heteroatoms. The Morgan fingerprint density at radius 1 is 1.11 bits per heavy atom. The predicted molar refractivity (Wildman–Crippen MR) is 65.8 cm³/mol. The molecule has 1 atom stereocenters. The molecule has 1 unspecified atom stereocenters.